The number of hydrogen-bond acceptors (Lipinski definition) is 5. The van der Waals surface area contributed by atoms with Crippen molar-refractivity contribution in [1.29, 1.82) is 0 Å². The Balaban J connectivity index is 1.44. The standard InChI is InChI=1S/C37H49F2N3O4S/c1-24(2)21-22-42(47(46)33-19-13-26(14-20-33)25(3)44)32(23-43)5-4-6-34(27-7-8-27)41-37(45)36(40)35(28-9-15-30(38)16-10-28)29-11-17-31(39)18-12-29/h9-20,24-25,27,32,34-36,43-44H,4-8,21-23,40H2,1-3H3,(H,41,45). The van der Waals surface area contributed by atoms with E-state index in [4.69, 9.17) is 5.73 Å². The van der Waals surface area contributed by atoms with E-state index >= 15 is 0 Å². The van der Waals surface area contributed by atoms with Gasteiger partial charge in [-0.3, -0.25) is 4.79 Å². The summed E-state index contributed by atoms with van der Waals surface area (Å²) in [5.41, 5.74) is 8.65. The Morgan fingerprint density at radius 2 is 1.43 bits per heavy atom. The minimum absolute atomic E-state index is 0.113. The molecule has 256 valence electrons. The number of carbonyl (C=O) groups excluding carboxylic acids is 1. The van der Waals surface area contributed by atoms with Gasteiger partial charge >= 0.3 is 0 Å². The first-order valence-electron chi connectivity index (χ1n) is 16.6. The van der Waals surface area contributed by atoms with Gasteiger partial charge in [-0.2, -0.15) is 0 Å². The summed E-state index contributed by atoms with van der Waals surface area (Å²) in [6, 6.07) is 17.3. The van der Waals surface area contributed by atoms with Crippen LogP contribution in [0.5, 0.6) is 0 Å². The molecule has 5 N–H and O–H groups in total. The molecule has 7 nitrogen and oxygen atoms in total. The summed E-state index contributed by atoms with van der Waals surface area (Å²) in [7, 11) is -1.50. The summed E-state index contributed by atoms with van der Waals surface area (Å²) in [5.74, 6) is -1.03. The Hall–Kier alpha value is -3.02. The van der Waals surface area contributed by atoms with E-state index < -0.39 is 40.7 Å². The van der Waals surface area contributed by atoms with E-state index in [1.807, 2.05) is 4.31 Å². The Labute approximate surface area is 280 Å². The molecule has 0 spiro atoms. The molecule has 0 bridgehead atoms. The highest BCUT2D eigenvalue weighted by molar-refractivity contribution is 7.82. The molecule has 1 saturated carbocycles. The van der Waals surface area contributed by atoms with Crippen molar-refractivity contribution >= 4 is 16.9 Å². The zero-order valence-corrected chi connectivity index (χ0v) is 28.3. The molecule has 3 aromatic carbocycles. The van der Waals surface area contributed by atoms with E-state index in [2.05, 4.69) is 19.2 Å². The summed E-state index contributed by atoms with van der Waals surface area (Å²) in [6.07, 6.45) is 4.14. The summed E-state index contributed by atoms with van der Waals surface area (Å²) in [6.45, 7) is 6.30. The number of halogens is 2. The molecular weight excluding hydrogens is 620 g/mol. The molecule has 1 aliphatic rings. The molecule has 5 atom stereocenters. The number of rotatable bonds is 18. The second kappa shape index (κ2) is 17.4. The van der Waals surface area contributed by atoms with E-state index in [9.17, 15) is 28.0 Å². The van der Waals surface area contributed by atoms with Gasteiger partial charge in [-0.1, -0.05) is 50.2 Å². The molecule has 1 amide bonds. The Kier molecular flexibility index (Phi) is 13.6. The van der Waals surface area contributed by atoms with Crippen LogP contribution in [0.2, 0.25) is 0 Å². The van der Waals surface area contributed by atoms with Crippen molar-refractivity contribution in [3.63, 3.8) is 0 Å². The average molecular weight is 670 g/mol. The molecule has 47 heavy (non-hydrogen) atoms. The van der Waals surface area contributed by atoms with Crippen LogP contribution in [0, 0.1) is 23.5 Å². The fraction of sp³-hybridized carbons (Fsp3) is 0.486. The lowest BCUT2D eigenvalue weighted by Crippen LogP contribution is -2.49. The lowest BCUT2D eigenvalue weighted by molar-refractivity contribution is -0.123. The lowest BCUT2D eigenvalue weighted by Gasteiger charge is -2.31. The highest BCUT2D eigenvalue weighted by Crippen LogP contribution is 2.36. The van der Waals surface area contributed by atoms with E-state index in [-0.39, 0.29) is 24.6 Å². The number of carbonyl (C=O) groups is 1. The van der Waals surface area contributed by atoms with Gasteiger partial charge in [0.1, 0.15) is 22.6 Å². The quantitative estimate of drug-likeness (QED) is 0.133. The topological polar surface area (TPSA) is 116 Å². The highest BCUT2D eigenvalue weighted by Gasteiger charge is 2.35. The van der Waals surface area contributed by atoms with Gasteiger partial charge in [0.25, 0.3) is 0 Å². The van der Waals surface area contributed by atoms with E-state index in [0.29, 0.717) is 53.7 Å². The molecule has 0 radical (unpaired) electrons. The number of benzene rings is 3. The third-order valence-corrected chi connectivity index (χ3v) is 10.6. The van der Waals surface area contributed by atoms with Crippen LogP contribution in [0.15, 0.2) is 77.7 Å². The van der Waals surface area contributed by atoms with Gasteiger partial charge in [-0.25, -0.2) is 17.3 Å². The van der Waals surface area contributed by atoms with Crippen LogP contribution in [-0.2, 0) is 15.8 Å². The fourth-order valence-electron chi connectivity index (χ4n) is 5.99. The van der Waals surface area contributed by atoms with Gasteiger partial charge in [-0.15, -0.1) is 0 Å². The van der Waals surface area contributed by atoms with Crippen LogP contribution in [0.25, 0.3) is 0 Å². The van der Waals surface area contributed by atoms with Crippen LogP contribution in [0.1, 0.15) is 88.0 Å². The number of nitrogens with zero attached hydrogens (tertiary/aromatic N) is 1. The molecule has 0 aromatic heterocycles. The smallest absolute Gasteiger partial charge is 0.238 e. The first-order valence-corrected chi connectivity index (χ1v) is 17.7. The summed E-state index contributed by atoms with van der Waals surface area (Å²) < 4.78 is 43.1. The Bertz CT molecular complexity index is 1390. The van der Waals surface area contributed by atoms with Gasteiger partial charge in [0.15, 0.2) is 0 Å². The minimum atomic E-state index is -1.50. The number of nitrogens with two attached hydrogens (primary N) is 1. The van der Waals surface area contributed by atoms with Crippen LogP contribution in [0.3, 0.4) is 0 Å². The minimum Gasteiger partial charge on any atom is -0.395 e. The maximum Gasteiger partial charge on any atom is 0.238 e. The number of aliphatic hydroxyl groups is 2. The van der Waals surface area contributed by atoms with Crippen LogP contribution in [0.4, 0.5) is 8.78 Å². The normalized spacial score (nSPS) is 16.7. The summed E-state index contributed by atoms with van der Waals surface area (Å²) in [4.78, 5) is 14.3. The van der Waals surface area contributed by atoms with Crippen LogP contribution >= 0.6 is 0 Å². The zero-order valence-electron chi connectivity index (χ0n) is 27.5. The second-order valence-corrected chi connectivity index (χ2v) is 14.6. The average Bonchev–Trinajstić information content (AvgIpc) is 3.90. The molecule has 1 aliphatic carbocycles. The number of nitrogens with one attached hydrogen (secondary N) is 1. The van der Waals surface area contributed by atoms with Crippen molar-refractivity contribution in [1.82, 2.24) is 9.62 Å². The third-order valence-electron chi connectivity index (χ3n) is 9.01. The van der Waals surface area contributed by atoms with Crippen LogP contribution in [-0.4, -0.2) is 55.9 Å². The molecule has 10 heteroatoms. The molecule has 0 saturated heterocycles. The van der Waals surface area contributed by atoms with E-state index in [1.54, 1.807) is 55.5 Å². The van der Waals surface area contributed by atoms with Crippen molar-refractivity contribution in [3.05, 3.63) is 101 Å². The Morgan fingerprint density at radius 3 is 1.89 bits per heavy atom. The maximum atomic E-state index is 13.8. The number of aliphatic hydroxyl groups excluding tert-OH is 2. The predicted molar refractivity (Wildman–Crippen MR) is 182 cm³/mol. The predicted octanol–water partition coefficient (Wildman–Crippen LogP) is 5.97. The van der Waals surface area contributed by atoms with E-state index in [1.165, 1.54) is 24.3 Å². The third kappa shape index (κ3) is 10.5. The van der Waals surface area contributed by atoms with Crippen LogP contribution < -0.4 is 11.1 Å². The number of amides is 1. The van der Waals surface area contributed by atoms with Crippen molar-refractivity contribution in [2.45, 2.75) is 94.3 Å². The largest absolute Gasteiger partial charge is 0.395 e. The number of hydrogen-bond donors (Lipinski definition) is 4. The summed E-state index contributed by atoms with van der Waals surface area (Å²) >= 11 is 0. The van der Waals surface area contributed by atoms with Gasteiger partial charge < -0.3 is 21.3 Å². The van der Waals surface area contributed by atoms with Gasteiger partial charge in [0.2, 0.25) is 5.91 Å². The van der Waals surface area contributed by atoms with Crippen molar-refractivity contribution in [3.8, 4) is 0 Å². The maximum absolute atomic E-state index is 13.8. The molecule has 0 aliphatic heterocycles. The van der Waals surface area contributed by atoms with Gasteiger partial charge in [0, 0.05) is 24.5 Å². The lowest BCUT2D eigenvalue weighted by atomic mass is 9.84. The monoisotopic (exact) mass is 669 g/mol. The fourth-order valence-corrected chi connectivity index (χ4v) is 7.34. The molecule has 0 heterocycles. The molecule has 4 rings (SSSR count). The Morgan fingerprint density at radius 1 is 0.894 bits per heavy atom. The first kappa shape index (κ1) is 36.8. The van der Waals surface area contributed by atoms with Gasteiger partial charge in [-0.05, 0) is 110 Å². The first-order chi connectivity index (χ1) is 22.5. The highest BCUT2D eigenvalue weighted by atomic mass is 32.2. The van der Waals surface area contributed by atoms with E-state index in [0.717, 1.165) is 24.8 Å². The second-order valence-electron chi connectivity index (χ2n) is 13.1. The summed E-state index contributed by atoms with van der Waals surface area (Å²) in [5, 5.41) is 23.5. The molecule has 1 fully saturated rings. The molecular formula is C37H49F2N3O4S. The molecule has 5 unspecified atom stereocenters. The van der Waals surface area contributed by atoms with Gasteiger partial charge in [0.05, 0.1) is 23.6 Å². The van der Waals surface area contributed by atoms with Crippen molar-refractivity contribution in [2.75, 3.05) is 13.2 Å². The SMILES string of the molecule is CC(C)CCN(C(CO)CCCC(NC(=O)C(N)C(c1ccc(F)cc1)c1ccc(F)cc1)C1CC1)S(=O)c1ccc(C(C)O)cc1. The zero-order chi connectivity index (χ0) is 34.1. The van der Waals surface area contributed by atoms with Crippen molar-refractivity contribution < 1.29 is 28.0 Å². The molecule has 3 aromatic rings. The van der Waals surface area contributed by atoms with Crippen molar-refractivity contribution in [2.24, 2.45) is 17.6 Å².